The second-order valence-electron chi connectivity index (χ2n) is 7.84. The Morgan fingerprint density at radius 1 is 1.21 bits per heavy atom. The van der Waals surface area contributed by atoms with E-state index in [0.717, 1.165) is 43.4 Å². The van der Waals surface area contributed by atoms with Gasteiger partial charge in [-0.15, -0.1) is 0 Å². The third-order valence-electron chi connectivity index (χ3n) is 5.69. The summed E-state index contributed by atoms with van der Waals surface area (Å²) in [4.78, 5) is 33.2. The Bertz CT molecular complexity index is 882. The summed E-state index contributed by atoms with van der Waals surface area (Å²) in [7, 11) is 0. The maximum atomic E-state index is 12.9. The molecule has 3 heterocycles. The molecule has 0 aliphatic carbocycles. The van der Waals surface area contributed by atoms with Gasteiger partial charge in [-0.05, 0) is 43.4 Å². The SMILES string of the molecule is O=C1CCCCCN1CC(=O)N1CCCC1c1ncc(Cc2cccc(Cl)c2)o1. The summed E-state index contributed by atoms with van der Waals surface area (Å²) in [5, 5.41) is 0.692. The van der Waals surface area contributed by atoms with E-state index in [1.54, 1.807) is 11.1 Å². The summed E-state index contributed by atoms with van der Waals surface area (Å²) in [6.07, 6.45) is 7.56. The van der Waals surface area contributed by atoms with Crippen molar-refractivity contribution in [1.29, 1.82) is 0 Å². The largest absolute Gasteiger partial charge is 0.443 e. The van der Waals surface area contributed by atoms with E-state index in [1.807, 2.05) is 29.2 Å². The monoisotopic (exact) mass is 415 g/mol. The first-order valence-corrected chi connectivity index (χ1v) is 10.7. The van der Waals surface area contributed by atoms with Crippen molar-refractivity contribution < 1.29 is 14.0 Å². The smallest absolute Gasteiger partial charge is 0.242 e. The molecule has 1 aromatic heterocycles. The molecule has 2 aromatic rings. The van der Waals surface area contributed by atoms with Crippen molar-refractivity contribution >= 4 is 23.4 Å². The van der Waals surface area contributed by atoms with Gasteiger partial charge < -0.3 is 14.2 Å². The van der Waals surface area contributed by atoms with Crippen LogP contribution in [-0.2, 0) is 16.0 Å². The van der Waals surface area contributed by atoms with E-state index in [4.69, 9.17) is 16.0 Å². The van der Waals surface area contributed by atoms with Crippen LogP contribution in [0.15, 0.2) is 34.9 Å². The maximum absolute atomic E-state index is 12.9. The molecule has 2 amide bonds. The zero-order valence-electron chi connectivity index (χ0n) is 16.5. The van der Waals surface area contributed by atoms with Gasteiger partial charge in [-0.1, -0.05) is 30.2 Å². The number of amides is 2. The van der Waals surface area contributed by atoms with Gasteiger partial charge in [0.05, 0.1) is 12.7 Å². The third-order valence-corrected chi connectivity index (χ3v) is 5.93. The van der Waals surface area contributed by atoms with Crippen molar-refractivity contribution in [2.75, 3.05) is 19.6 Å². The average molecular weight is 416 g/mol. The van der Waals surface area contributed by atoms with E-state index in [2.05, 4.69) is 4.98 Å². The van der Waals surface area contributed by atoms with Gasteiger partial charge in [0.15, 0.2) is 0 Å². The topological polar surface area (TPSA) is 66.7 Å². The number of aromatic nitrogens is 1. The lowest BCUT2D eigenvalue weighted by Gasteiger charge is -2.26. The summed E-state index contributed by atoms with van der Waals surface area (Å²) >= 11 is 6.06. The molecule has 1 unspecified atom stereocenters. The predicted octanol–water partition coefficient (Wildman–Crippen LogP) is 3.98. The molecule has 2 aliphatic rings. The third kappa shape index (κ3) is 4.81. The van der Waals surface area contributed by atoms with Crippen LogP contribution in [0.1, 0.15) is 61.8 Å². The lowest BCUT2D eigenvalue weighted by molar-refractivity contribution is -0.141. The lowest BCUT2D eigenvalue weighted by Crippen LogP contribution is -2.42. The highest BCUT2D eigenvalue weighted by atomic mass is 35.5. The van der Waals surface area contributed by atoms with Crippen molar-refractivity contribution in [2.24, 2.45) is 0 Å². The van der Waals surface area contributed by atoms with Crippen LogP contribution in [0.2, 0.25) is 5.02 Å². The molecule has 2 fully saturated rings. The Morgan fingerprint density at radius 2 is 2.10 bits per heavy atom. The van der Waals surface area contributed by atoms with Gasteiger partial charge in [-0.3, -0.25) is 9.59 Å². The van der Waals surface area contributed by atoms with Crippen molar-refractivity contribution in [1.82, 2.24) is 14.8 Å². The first kappa shape index (κ1) is 20.0. The van der Waals surface area contributed by atoms with Gasteiger partial charge in [0.2, 0.25) is 17.7 Å². The van der Waals surface area contributed by atoms with E-state index in [1.165, 1.54) is 0 Å². The van der Waals surface area contributed by atoms with Gasteiger partial charge in [0.1, 0.15) is 11.8 Å². The molecule has 0 N–H and O–H groups in total. The lowest BCUT2D eigenvalue weighted by atomic mass is 10.1. The molecule has 7 heteroatoms. The Hall–Kier alpha value is -2.34. The normalized spacial score (nSPS) is 20.2. The summed E-state index contributed by atoms with van der Waals surface area (Å²) in [6.45, 7) is 1.51. The first-order valence-electron chi connectivity index (χ1n) is 10.4. The number of rotatable bonds is 5. The van der Waals surface area contributed by atoms with Crippen LogP contribution < -0.4 is 0 Å². The molecule has 1 atom stereocenters. The van der Waals surface area contributed by atoms with E-state index in [0.29, 0.717) is 36.8 Å². The molecule has 154 valence electrons. The summed E-state index contributed by atoms with van der Waals surface area (Å²) in [6, 6.07) is 7.51. The molecule has 4 rings (SSSR count). The van der Waals surface area contributed by atoms with Crippen LogP contribution in [0, 0.1) is 0 Å². The molecule has 6 nitrogen and oxygen atoms in total. The van der Waals surface area contributed by atoms with Gasteiger partial charge in [0, 0.05) is 31.0 Å². The Morgan fingerprint density at radius 3 is 2.97 bits per heavy atom. The Kier molecular flexibility index (Phi) is 6.19. The first-order chi connectivity index (χ1) is 14.1. The summed E-state index contributed by atoms with van der Waals surface area (Å²) in [5.74, 6) is 1.41. The Balaban J connectivity index is 1.42. The number of halogens is 1. The highest BCUT2D eigenvalue weighted by molar-refractivity contribution is 6.30. The van der Waals surface area contributed by atoms with Crippen molar-refractivity contribution in [3.05, 3.63) is 52.7 Å². The molecular formula is C22H26ClN3O3. The number of nitrogens with zero attached hydrogens (tertiary/aromatic N) is 3. The van der Waals surface area contributed by atoms with E-state index < -0.39 is 0 Å². The number of benzene rings is 1. The highest BCUT2D eigenvalue weighted by Crippen LogP contribution is 2.32. The minimum atomic E-state index is -0.155. The van der Waals surface area contributed by atoms with Crippen LogP contribution in [-0.4, -0.2) is 46.2 Å². The van der Waals surface area contributed by atoms with E-state index >= 15 is 0 Å². The fourth-order valence-corrected chi connectivity index (χ4v) is 4.40. The van der Waals surface area contributed by atoms with Crippen LogP contribution in [0.3, 0.4) is 0 Å². The fourth-order valence-electron chi connectivity index (χ4n) is 4.19. The van der Waals surface area contributed by atoms with Crippen molar-refractivity contribution in [3.8, 4) is 0 Å². The number of carbonyl (C=O) groups is 2. The van der Waals surface area contributed by atoms with Crippen LogP contribution >= 0.6 is 11.6 Å². The average Bonchev–Trinajstić information content (AvgIpc) is 3.31. The van der Waals surface area contributed by atoms with E-state index in [9.17, 15) is 9.59 Å². The van der Waals surface area contributed by atoms with Crippen LogP contribution in [0.5, 0.6) is 0 Å². The number of hydrogen-bond acceptors (Lipinski definition) is 4. The zero-order chi connectivity index (χ0) is 20.2. The standard InChI is InChI=1S/C22H26ClN3O3/c23-17-7-4-6-16(12-17)13-18-14-24-22(29-18)19-8-5-11-26(19)21(28)15-25-10-3-1-2-9-20(25)27/h4,6-7,12,14,19H,1-3,5,8-11,13,15H2. The molecule has 0 saturated carbocycles. The van der Waals surface area contributed by atoms with Gasteiger partial charge in [-0.2, -0.15) is 0 Å². The quantitative estimate of drug-likeness (QED) is 0.740. The minimum absolute atomic E-state index is 0.0164. The number of likely N-dealkylation sites (tertiary alicyclic amines) is 2. The number of hydrogen-bond donors (Lipinski definition) is 0. The summed E-state index contributed by atoms with van der Waals surface area (Å²) in [5.41, 5.74) is 1.05. The molecule has 0 spiro atoms. The molecule has 29 heavy (non-hydrogen) atoms. The van der Waals surface area contributed by atoms with Crippen molar-refractivity contribution in [3.63, 3.8) is 0 Å². The molecule has 2 aliphatic heterocycles. The maximum Gasteiger partial charge on any atom is 0.242 e. The molecule has 0 radical (unpaired) electrons. The molecule has 2 saturated heterocycles. The Labute approximate surface area is 175 Å². The fraction of sp³-hybridized carbons (Fsp3) is 0.500. The second-order valence-corrected chi connectivity index (χ2v) is 8.28. The minimum Gasteiger partial charge on any atom is -0.443 e. The summed E-state index contributed by atoms with van der Waals surface area (Å²) < 4.78 is 5.99. The zero-order valence-corrected chi connectivity index (χ0v) is 17.2. The molecule has 0 bridgehead atoms. The predicted molar refractivity (Wildman–Crippen MR) is 109 cm³/mol. The van der Waals surface area contributed by atoms with E-state index in [-0.39, 0.29) is 24.4 Å². The number of carbonyl (C=O) groups excluding carboxylic acids is 2. The second kappa shape index (κ2) is 8.99. The molecule has 1 aromatic carbocycles. The number of oxazole rings is 1. The highest BCUT2D eigenvalue weighted by Gasteiger charge is 2.34. The van der Waals surface area contributed by atoms with Gasteiger partial charge in [-0.25, -0.2) is 4.98 Å². The van der Waals surface area contributed by atoms with Gasteiger partial charge in [0.25, 0.3) is 0 Å². The molecular weight excluding hydrogens is 390 g/mol. The van der Waals surface area contributed by atoms with Gasteiger partial charge >= 0.3 is 0 Å². The van der Waals surface area contributed by atoms with Crippen LogP contribution in [0.25, 0.3) is 0 Å². The van der Waals surface area contributed by atoms with Crippen molar-refractivity contribution in [2.45, 2.75) is 51.0 Å². The van der Waals surface area contributed by atoms with Crippen LogP contribution in [0.4, 0.5) is 0 Å².